The van der Waals surface area contributed by atoms with Crippen molar-refractivity contribution < 1.29 is 19.0 Å². The molecule has 1 atom stereocenters. The van der Waals surface area contributed by atoms with Gasteiger partial charge in [-0.15, -0.1) is 0 Å². The van der Waals surface area contributed by atoms with Gasteiger partial charge in [-0.25, -0.2) is 10.4 Å². The van der Waals surface area contributed by atoms with Crippen LogP contribution >= 0.6 is 15.9 Å². The van der Waals surface area contributed by atoms with Crippen molar-refractivity contribution in [1.82, 2.24) is 15.0 Å². The normalized spacial score (nSPS) is 12.0. The average molecular weight is 473 g/mol. The van der Waals surface area contributed by atoms with Crippen LogP contribution in [0.5, 0.6) is 11.5 Å². The summed E-state index contributed by atoms with van der Waals surface area (Å²) in [5.74, 6) is 0.796. The number of rotatable bonds is 8. The van der Waals surface area contributed by atoms with E-state index in [1.54, 1.807) is 38.9 Å². The summed E-state index contributed by atoms with van der Waals surface area (Å²) < 4.78 is 18.5. The van der Waals surface area contributed by atoms with Crippen LogP contribution in [-0.4, -0.2) is 43.0 Å². The van der Waals surface area contributed by atoms with E-state index < -0.39 is 6.10 Å². The van der Waals surface area contributed by atoms with E-state index in [1.807, 2.05) is 35.0 Å². The van der Waals surface area contributed by atoms with Gasteiger partial charge >= 0.3 is 0 Å². The molecule has 9 heteroatoms. The SMILES string of the molecule is COc1cc(C=NNC(=O)C(OC)c2ccc(-n3ccnc3)cc2)cc(OC)c1Br. The zero-order valence-corrected chi connectivity index (χ0v) is 18.3. The number of aromatic nitrogens is 2. The number of amides is 1. The second-order valence-corrected chi connectivity index (χ2v) is 6.94. The highest BCUT2D eigenvalue weighted by Crippen LogP contribution is 2.35. The minimum atomic E-state index is -0.798. The summed E-state index contributed by atoms with van der Waals surface area (Å²) in [6, 6.07) is 11.0. The van der Waals surface area contributed by atoms with E-state index in [1.165, 1.54) is 13.3 Å². The molecule has 1 N–H and O–H groups in total. The number of hydrogen-bond donors (Lipinski definition) is 1. The first kappa shape index (κ1) is 21.5. The van der Waals surface area contributed by atoms with Crippen LogP contribution in [0.25, 0.3) is 5.69 Å². The molecular formula is C21H21BrN4O4. The summed E-state index contributed by atoms with van der Waals surface area (Å²) in [6.07, 6.45) is 5.96. The predicted octanol–water partition coefficient (Wildman–Crippen LogP) is 3.49. The Morgan fingerprint density at radius 2 is 1.83 bits per heavy atom. The molecule has 1 aromatic heterocycles. The molecule has 0 fully saturated rings. The van der Waals surface area contributed by atoms with Crippen LogP contribution in [0.1, 0.15) is 17.2 Å². The molecule has 3 rings (SSSR count). The van der Waals surface area contributed by atoms with Crippen molar-refractivity contribution in [2.45, 2.75) is 6.10 Å². The fraction of sp³-hybridized carbons (Fsp3) is 0.190. The smallest absolute Gasteiger partial charge is 0.273 e. The second kappa shape index (κ2) is 10.0. The van der Waals surface area contributed by atoms with Crippen LogP contribution in [0.2, 0.25) is 0 Å². The van der Waals surface area contributed by atoms with Crippen molar-refractivity contribution in [2.24, 2.45) is 5.10 Å². The summed E-state index contributed by atoms with van der Waals surface area (Å²) in [6.45, 7) is 0. The third-order valence-corrected chi connectivity index (χ3v) is 5.11. The van der Waals surface area contributed by atoms with Crippen LogP contribution < -0.4 is 14.9 Å². The Hall–Kier alpha value is -3.17. The fourth-order valence-corrected chi connectivity index (χ4v) is 3.37. The predicted molar refractivity (Wildman–Crippen MR) is 116 cm³/mol. The zero-order chi connectivity index (χ0) is 21.5. The van der Waals surface area contributed by atoms with Crippen LogP contribution in [0.3, 0.4) is 0 Å². The molecule has 0 aliphatic rings. The molecule has 0 aliphatic heterocycles. The molecule has 156 valence electrons. The number of nitrogens with one attached hydrogen (secondary N) is 1. The van der Waals surface area contributed by atoms with Crippen molar-refractivity contribution in [3.8, 4) is 17.2 Å². The molecule has 0 saturated carbocycles. The molecule has 8 nitrogen and oxygen atoms in total. The van der Waals surface area contributed by atoms with Crippen molar-refractivity contribution in [3.63, 3.8) is 0 Å². The minimum Gasteiger partial charge on any atom is -0.495 e. The van der Waals surface area contributed by atoms with Gasteiger partial charge in [0.05, 0.1) is 26.8 Å². The monoisotopic (exact) mass is 472 g/mol. The first-order chi connectivity index (χ1) is 14.6. The molecular weight excluding hydrogens is 452 g/mol. The van der Waals surface area contributed by atoms with Gasteiger partial charge in [0.15, 0.2) is 6.10 Å². The van der Waals surface area contributed by atoms with E-state index in [0.29, 0.717) is 27.1 Å². The number of hydrogen-bond acceptors (Lipinski definition) is 6. The highest BCUT2D eigenvalue weighted by Gasteiger charge is 2.19. The van der Waals surface area contributed by atoms with Crippen LogP contribution in [0.4, 0.5) is 0 Å². The number of nitrogens with zero attached hydrogens (tertiary/aromatic N) is 3. The molecule has 0 radical (unpaired) electrons. The van der Waals surface area contributed by atoms with Gasteiger partial charge in [0.1, 0.15) is 16.0 Å². The van der Waals surface area contributed by atoms with Gasteiger partial charge < -0.3 is 18.8 Å². The molecule has 0 aliphatic carbocycles. The number of imidazole rings is 1. The standard InChI is InChI=1S/C21H21BrN4O4/c1-28-17-10-14(11-18(29-2)19(17)22)12-24-25-21(27)20(30-3)15-4-6-16(7-5-15)26-9-8-23-13-26/h4-13,20H,1-3H3,(H,25,27). The van der Waals surface area contributed by atoms with E-state index in [-0.39, 0.29) is 5.91 Å². The van der Waals surface area contributed by atoms with Gasteiger partial charge in [-0.3, -0.25) is 4.79 Å². The lowest BCUT2D eigenvalue weighted by Crippen LogP contribution is -2.26. The summed E-state index contributed by atoms with van der Waals surface area (Å²) in [4.78, 5) is 16.6. The number of carbonyl (C=O) groups is 1. The largest absolute Gasteiger partial charge is 0.495 e. The maximum absolute atomic E-state index is 12.6. The highest BCUT2D eigenvalue weighted by atomic mass is 79.9. The van der Waals surface area contributed by atoms with Gasteiger partial charge in [-0.1, -0.05) is 12.1 Å². The number of benzene rings is 2. The van der Waals surface area contributed by atoms with Crippen molar-refractivity contribution in [1.29, 1.82) is 0 Å². The van der Waals surface area contributed by atoms with Gasteiger partial charge in [-0.2, -0.15) is 5.10 Å². The second-order valence-electron chi connectivity index (χ2n) is 6.15. The van der Waals surface area contributed by atoms with Gasteiger partial charge in [0.2, 0.25) is 0 Å². The molecule has 1 heterocycles. The summed E-state index contributed by atoms with van der Waals surface area (Å²) >= 11 is 3.41. The number of hydrazone groups is 1. The topological polar surface area (TPSA) is 87.0 Å². The first-order valence-corrected chi connectivity index (χ1v) is 9.72. The molecule has 0 saturated heterocycles. The van der Waals surface area contributed by atoms with Crippen molar-refractivity contribution in [3.05, 3.63) is 70.7 Å². The Morgan fingerprint density at radius 3 is 2.37 bits per heavy atom. The molecule has 2 aromatic carbocycles. The van der Waals surface area contributed by atoms with E-state index in [2.05, 4.69) is 31.4 Å². The Labute approximate surface area is 182 Å². The van der Waals surface area contributed by atoms with Gasteiger partial charge in [-0.05, 0) is 45.8 Å². The average Bonchev–Trinajstić information content (AvgIpc) is 3.30. The third kappa shape index (κ3) is 4.87. The lowest BCUT2D eigenvalue weighted by Gasteiger charge is -2.14. The first-order valence-electron chi connectivity index (χ1n) is 8.93. The lowest BCUT2D eigenvalue weighted by molar-refractivity contribution is -0.131. The van der Waals surface area contributed by atoms with Crippen LogP contribution in [0.15, 0.2) is 64.7 Å². The molecule has 3 aromatic rings. The quantitative estimate of drug-likeness (QED) is 0.400. The van der Waals surface area contributed by atoms with Gasteiger partial charge in [0, 0.05) is 30.8 Å². The Balaban J connectivity index is 1.70. The fourth-order valence-electron chi connectivity index (χ4n) is 2.82. The van der Waals surface area contributed by atoms with E-state index >= 15 is 0 Å². The van der Waals surface area contributed by atoms with E-state index in [4.69, 9.17) is 14.2 Å². The maximum atomic E-state index is 12.6. The third-order valence-electron chi connectivity index (χ3n) is 4.33. The number of methoxy groups -OCH3 is 3. The number of ether oxygens (including phenoxy) is 3. The molecule has 0 bridgehead atoms. The van der Waals surface area contributed by atoms with Crippen LogP contribution in [0, 0.1) is 0 Å². The Morgan fingerprint density at radius 1 is 1.17 bits per heavy atom. The minimum absolute atomic E-state index is 0.389. The van der Waals surface area contributed by atoms with E-state index in [0.717, 1.165) is 5.69 Å². The Bertz CT molecular complexity index is 995. The summed E-state index contributed by atoms with van der Waals surface area (Å²) in [5, 5.41) is 4.03. The molecule has 30 heavy (non-hydrogen) atoms. The molecule has 1 unspecified atom stereocenters. The van der Waals surface area contributed by atoms with Crippen LogP contribution in [-0.2, 0) is 9.53 Å². The van der Waals surface area contributed by atoms with E-state index in [9.17, 15) is 4.79 Å². The highest BCUT2D eigenvalue weighted by molar-refractivity contribution is 9.10. The maximum Gasteiger partial charge on any atom is 0.273 e. The number of carbonyl (C=O) groups excluding carboxylic acids is 1. The van der Waals surface area contributed by atoms with Crippen molar-refractivity contribution in [2.75, 3.05) is 21.3 Å². The summed E-state index contributed by atoms with van der Waals surface area (Å²) in [7, 11) is 4.59. The molecule has 1 amide bonds. The lowest BCUT2D eigenvalue weighted by atomic mass is 10.1. The Kier molecular flexibility index (Phi) is 7.21. The summed E-state index contributed by atoms with van der Waals surface area (Å²) in [5.41, 5.74) is 4.85. The molecule has 0 spiro atoms. The van der Waals surface area contributed by atoms with Crippen molar-refractivity contribution >= 4 is 28.1 Å². The zero-order valence-electron chi connectivity index (χ0n) is 16.7. The van der Waals surface area contributed by atoms with Gasteiger partial charge in [0.25, 0.3) is 5.91 Å². The number of halogens is 1.